The maximum Gasteiger partial charge on any atom is 0.146 e. The second kappa shape index (κ2) is 35.5. The van der Waals surface area contributed by atoms with Crippen molar-refractivity contribution >= 4 is 167 Å². The van der Waals surface area contributed by atoms with Crippen molar-refractivity contribution in [3.63, 3.8) is 0 Å². The van der Waals surface area contributed by atoms with Crippen LogP contribution < -0.4 is 0 Å². The summed E-state index contributed by atoms with van der Waals surface area (Å²) in [4.78, 5) is 0. The van der Waals surface area contributed by atoms with Crippen LogP contribution in [0.4, 0.5) is 0 Å². The van der Waals surface area contributed by atoms with Crippen molar-refractivity contribution < 1.29 is 0 Å². The predicted octanol–water partition coefficient (Wildman–Crippen LogP) is 33.9. The number of hydrogen-bond acceptors (Lipinski definition) is 0. The van der Waals surface area contributed by atoms with Crippen molar-refractivity contribution in [1.82, 2.24) is 0 Å². The van der Waals surface area contributed by atoms with Crippen LogP contribution in [-0.4, -0.2) is 32.3 Å². The van der Waals surface area contributed by atoms with Gasteiger partial charge in [-0.25, -0.2) is 0 Å². The standard InChI is InChI=1S/C114H126Si4/c1-75(2)115(76(3)4,77(5)6)69-65-111-99-49-33-25-41-91(99)107(92-42-26-34-50-100(92)111)61-57-87-73-89(59-63-109-95-45-29-37-53-103(95)113(104-54-38-30-46-96(104)109)67-71-117(81(13)14,82(15)16)83(17)18)90(60-64-110-97-47-31-39-55-105(97)114(106-56-40-32-48-98(106)110)68-72-118(84(19)20,85(21)22)86(23)24)74-88(87)58-62-108-93-43-27-35-51-101(93)112(102-52-36-28-44-94(102)108)66-70-116(78(7)8,79(9)10)80(11)12/h25-64,73-86H,1-24H3/b61-57+,62-58+,63-59+,64-60+. The highest BCUT2D eigenvalue weighted by Crippen LogP contribution is 2.48. The number of hydrogen-bond donors (Lipinski definition) is 0. The fourth-order valence-electron chi connectivity index (χ4n) is 22.3. The summed E-state index contributed by atoms with van der Waals surface area (Å²) < 4.78 is 0. The molecule has 0 aromatic heterocycles. The predicted molar refractivity (Wildman–Crippen MR) is 540 cm³/mol. The van der Waals surface area contributed by atoms with Crippen molar-refractivity contribution in [2.24, 2.45) is 0 Å². The Bertz CT molecular complexity index is 5310. The summed E-state index contributed by atoms with van der Waals surface area (Å²) in [6, 6.07) is 77.2. The van der Waals surface area contributed by atoms with Gasteiger partial charge in [0.1, 0.15) is 32.3 Å². The maximum absolute atomic E-state index is 4.17. The molecule has 0 aliphatic heterocycles. The molecule has 0 heterocycles. The number of rotatable bonds is 20. The van der Waals surface area contributed by atoms with Gasteiger partial charge in [0.05, 0.1) is 0 Å². The Morgan fingerprint density at radius 3 is 0.407 bits per heavy atom. The van der Waals surface area contributed by atoms with Gasteiger partial charge in [-0.05, 0) is 209 Å². The van der Waals surface area contributed by atoms with Crippen LogP contribution in [0.3, 0.4) is 0 Å². The van der Waals surface area contributed by atoms with Gasteiger partial charge in [0.15, 0.2) is 0 Å². The lowest BCUT2D eigenvalue weighted by atomic mass is 9.89. The lowest BCUT2D eigenvalue weighted by molar-refractivity contribution is 0.838. The second-order valence-electron chi connectivity index (χ2n) is 37.6. The molecule has 13 rings (SSSR count). The third-order valence-corrected chi connectivity index (χ3v) is 53.1. The van der Waals surface area contributed by atoms with E-state index in [1.165, 1.54) is 108 Å². The van der Waals surface area contributed by atoms with Gasteiger partial charge in [0.25, 0.3) is 0 Å². The summed E-state index contributed by atoms with van der Waals surface area (Å²) in [5.41, 5.74) is 36.3. The quantitative estimate of drug-likeness (QED) is 0.0309. The highest BCUT2D eigenvalue weighted by atomic mass is 28.3. The largest absolute Gasteiger partial charge is 0.146 e. The van der Waals surface area contributed by atoms with Crippen LogP contribution in [0.1, 0.15) is 233 Å². The van der Waals surface area contributed by atoms with E-state index in [1.54, 1.807) is 0 Å². The van der Waals surface area contributed by atoms with E-state index in [9.17, 15) is 0 Å². The molecule has 0 atom stereocenters. The Morgan fingerprint density at radius 1 is 0.169 bits per heavy atom. The first-order chi connectivity index (χ1) is 56.5. The third kappa shape index (κ3) is 15.6. The zero-order valence-corrected chi connectivity index (χ0v) is 79.2. The fraction of sp³-hybridized carbons (Fsp3) is 0.316. The summed E-state index contributed by atoms with van der Waals surface area (Å²) in [7, 11) is -8.47. The van der Waals surface area contributed by atoms with Gasteiger partial charge >= 0.3 is 0 Å². The molecule has 0 aliphatic rings. The molecule has 598 valence electrons. The lowest BCUT2D eigenvalue weighted by Crippen LogP contribution is -2.43. The van der Waals surface area contributed by atoms with Crippen LogP contribution in [0.25, 0.3) is 135 Å². The molecule has 0 radical (unpaired) electrons. The van der Waals surface area contributed by atoms with Crippen LogP contribution in [0, 0.1) is 45.9 Å². The first-order valence-electron chi connectivity index (χ1n) is 44.2. The Labute approximate surface area is 713 Å². The third-order valence-electron chi connectivity index (χ3n) is 28.0. The molecule has 0 spiro atoms. The summed E-state index contributed by atoms with van der Waals surface area (Å²) in [5.74, 6) is 16.1. The van der Waals surface area contributed by atoms with Gasteiger partial charge in [0.2, 0.25) is 0 Å². The summed E-state index contributed by atoms with van der Waals surface area (Å²) in [6.07, 6.45) is 19.3. The topological polar surface area (TPSA) is 0 Å². The molecule has 0 N–H and O–H groups in total. The highest BCUT2D eigenvalue weighted by Gasteiger charge is 2.45. The zero-order valence-electron chi connectivity index (χ0n) is 75.2. The Hall–Kier alpha value is -9.99. The van der Waals surface area contributed by atoms with Crippen LogP contribution in [0.2, 0.25) is 66.5 Å². The molecule has 0 nitrogen and oxygen atoms in total. The Kier molecular flexibility index (Phi) is 25.8. The Morgan fingerprint density at radius 2 is 0.288 bits per heavy atom. The van der Waals surface area contributed by atoms with E-state index in [0.717, 1.165) is 44.5 Å². The molecule has 4 heteroatoms. The molecule has 0 unspecified atom stereocenters. The normalized spacial score (nSPS) is 12.9. The minimum atomic E-state index is -2.12. The highest BCUT2D eigenvalue weighted by molar-refractivity contribution is 6.92. The average molecular weight is 1610 g/mol. The first kappa shape index (κ1) is 85.9. The van der Waals surface area contributed by atoms with Gasteiger partial charge in [-0.3, -0.25) is 0 Å². The van der Waals surface area contributed by atoms with E-state index in [1.807, 2.05) is 0 Å². The summed E-state index contributed by atoms with van der Waals surface area (Å²) in [5, 5.41) is 19.0. The van der Waals surface area contributed by atoms with Crippen molar-refractivity contribution in [1.29, 1.82) is 0 Å². The molecule has 0 fully saturated rings. The van der Waals surface area contributed by atoms with Crippen LogP contribution in [0.15, 0.2) is 206 Å². The van der Waals surface area contributed by atoms with Gasteiger partial charge in [-0.2, -0.15) is 0 Å². The molecule has 118 heavy (non-hydrogen) atoms. The fourth-order valence-corrected chi connectivity index (χ4v) is 43.1. The molecule has 13 aromatic rings. The average Bonchev–Trinajstić information content (AvgIpc) is 0.758. The van der Waals surface area contributed by atoms with Crippen molar-refractivity contribution in [2.75, 3.05) is 0 Å². The summed E-state index contributed by atoms with van der Waals surface area (Å²) in [6.45, 7) is 58.0. The minimum Gasteiger partial charge on any atom is -0.125 e. The smallest absolute Gasteiger partial charge is 0.125 e. The van der Waals surface area contributed by atoms with E-state index in [2.05, 4.69) is 467 Å². The Balaban J connectivity index is 1.13. The van der Waals surface area contributed by atoms with Crippen molar-refractivity contribution in [2.45, 2.75) is 233 Å². The van der Waals surface area contributed by atoms with Crippen LogP contribution >= 0.6 is 0 Å². The molecule has 0 saturated carbocycles. The first-order valence-corrected chi connectivity index (χ1v) is 53.2. The molecule has 0 aliphatic carbocycles. The van der Waals surface area contributed by atoms with E-state index in [0.29, 0.717) is 66.5 Å². The van der Waals surface area contributed by atoms with Crippen LogP contribution in [0.5, 0.6) is 0 Å². The van der Waals surface area contributed by atoms with E-state index >= 15 is 0 Å². The molecular weight excluding hydrogens is 1480 g/mol. The zero-order chi connectivity index (χ0) is 84.4. The summed E-state index contributed by atoms with van der Waals surface area (Å²) >= 11 is 0. The maximum atomic E-state index is 4.17. The van der Waals surface area contributed by atoms with E-state index < -0.39 is 32.3 Å². The number of benzene rings is 13. The molecular formula is C114H126Si4. The monoisotopic (exact) mass is 1610 g/mol. The molecule has 13 aromatic carbocycles. The SMILES string of the molecule is CC(C)[Si](C#Cc1c2ccccc2c(/C=C/c2cc(/C=C/c3c4ccccc4c(C#C[Si](C(C)C)(C(C)C)C(C)C)c4ccccc34)c(/C=C/c3c4ccccc4c(C#C[Si](C(C)C)(C(C)C)C(C)C)c4ccccc34)cc2/C=C/c2c3ccccc3c(C#C[Si](C(C)C)(C(C)C)C(C)C)c3ccccc23)c2ccccc12)(C(C)C)C(C)C. The van der Waals surface area contributed by atoms with Gasteiger partial charge < -0.3 is 0 Å². The van der Waals surface area contributed by atoms with Gasteiger partial charge in [0, 0.05) is 22.3 Å². The van der Waals surface area contributed by atoms with Gasteiger partial charge in [-0.15, -0.1) is 22.2 Å². The number of fused-ring (bicyclic) bond motifs is 8. The van der Waals surface area contributed by atoms with Gasteiger partial charge in [-0.1, -0.05) is 433 Å². The second-order valence-corrected chi connectivity index (χ2v) is 59.9. The van der Waals surface area contributed by atoms with E-state index in [4.69, 9.17) is 0 Å². The molecule has 0 amide bonds. The van der Waals surface area contributed by atoms with Crippen molar-refractivity contribution in [3.8, 4) is 45.9 Å². The van der Waals surface area contributed by atoms with Crippen LogP contribution in [-0.2, 0) is 0 Å². The van der Waals surface area contributed by atoms with E-state index in [-0.39, 0.29) is 0 Å². The molecule has 0 saturated heterocycles. The molecule has 0 bridgehead atoms. The lowest BCUT2D eigenvalue weighted by Gasteiger charge is -2.38. The van der Waals surface area contributed by atoms with Crippen molar-refractivity contribution in [3.05, 3.63) is 273 Å². The minimum absolute atomic E-state index is 0.505.